The normalized spacial score (nSPS) is 10.3. The monoisotopic (exact) mass is 345 g/mol. The highest BCUT2D eigenvalue weighted by Crippen LogP contribution is 2.31. The van der Waals surface area contributed by atoms with Crippen molar-refractivity contribution in [3.8, 4) is 11.6 Å². The maximum atomic E-state index is 13.0. The first-order chi connectivity index (χ1) is 8.97. The Balaban J connectivity index is 2.40. The van der Waals surface area contributed by atoms with Crippen molar-refractivity contribution in [2.24, 2.45) is 0 Å². The largest absolute Gasteiger partial charge is 0.478 e. The first-order valence-electron chi connectivity index (χ1n) is 4.99. The number of aromatic carboxylic acids is 1. The molecule has 0 aliphatic carbocycles. The van der Waals surface area contributed by atoms with Crippen LogP contribution >= 0.6 is 27.5 Å². The lowest BCUT2D eigenvalue weighted by molar-refractivity contribution is 0.0693. The van der Waals surface area contributed by atoms with Gasteiger partial charge in [-0.3, -0.25) is 0 Å². The van der Waals surface area contributed by atoms with Gasteiger partial charge in [0.2, 0.25) is 5.88 Å². The van der Waals surface area contributed by atoms with E-state index in [9.17, 15) is 9.18 Å². The maximum Gasteiger partial charge on any atom is 0.339 e. The Morgan fingerprint density at radius 2 is 2.16 bits per heavy atom. The number of halogens is 3. The number of carbonyl (C=O) groups is 1. The number of carboxylic acid groups (broad SMARTS) is 1. The second kappa shape index (κ2) is 5.54. The van der Waals surface area contributed by atoms with Gasteiger partial charge in [0.05, 0.1) is 9.50 Å². The third-order valence-electron chi connectivity index (χ3n) is 2.15. The van der Waals surface area contributed by atoms with Gasteiger partial charge in [0.15, 0.2) is 0 Å². The summed E-state index contributed by atoms with van der Waals surface area (Å²) in [4.78, 5) is 14.9. The smallest absolute Gasteiger partial charge is 0.339 e. The average Bonchev–Trinajstić information content (AvgIpc) is 2.34. The molecule has 1 N–H and O–H groups in total. The van der Waals surface area contributed by atoms with Gasteiger partial charge in [0.25, 0.3) is 0 Å². The van der Waals surface area contributed by atoms with Crippen molar-refractivity contribution in [1.82, 2.24) is 4.98 Å². The minimum Gasteiger partial charge on any atom is -0.478 e. The molecule has 0 spiro atoms. The first-order valence-corrected chi connectivity index (χ1v) is 6.16. The maximum absolute atomic E-state index is 13.0. The summed E-state index contributed by atoms with van der Waals surface area (Å²) in [6, 6.07) is 4.75. The predicted octanol–water partition coefficient (Wildman–Crippen LogP) is 4.13. The molecule has 19 heavy (non-hydrogen) atoms. The Labute approximate surface area is 120 Å². The van der Waals surface area contributed by atoms with Crippen LogP contribution in [0.5, 0.6) is 11.6 Å². The van der Waals surface area contributed by atoms with E-state index >= 15 is 0 Å². The third-order valence-corrected chi connectivity index (χ3v) is 2.93. The molecule has 7 heteroatoms. The van der Waals surface area contributed by atoms with Crippen LogP contribution in [0, 0.1) is 5.82 Å². The highest BCUT2D eigenvalue weighted by Gasteiger charge is 2.15. The van der Waals surface area contributed by atoms with Gasteiger partial charge in [0, 0.05) is 6.20 Å². The molecule has 0 aliphatic rings. The second-order valence-electron chi connectivity index (χ2n) is 3.49. The standard InChI is InChI=1S/C12H6BrClFNO3/c13-9-3-6(14)5-16-11(9)19-10-2-1-7(15)4-8(10)12(17)18/h1-5H,(H,17,18). The molecule has 0 unspecified atom stereocenters. The van der Waals surface area contributed by atoms with E-state index in [2.05, 4.69) is 20.9 Å². The number of nitrogens with zero attached hydrogens (tertiary/aromatic N) is 1. The first kappa shape index (κ1) is 13.8. The van der Waals surface area contributed by atoms with Crippen molar-refractivity contribution >= 4 is 33.5 Å². The lowest BCUT2D eigenvalue weighted by Gasteiger charge is -2.09. The van der Waals surface area contributed by atoms with Gasteiger partial charge in [0.1, 0.15) is 17.1 Å². The summed E-state index contributed by atoms with van der Waals surface area (Å²) in [6.07, 6.45) is 1.35. The Morgan fingerprint density at radius 1 is 1.42 bits per heavy atom. The summed E-state index contributed by atoms with van der Waals surface area (Å²) in [5.41, 5.74) is -0.288. The number of aromatic nitrogens is 1. The average molecular weight is 347 g/mol. The van der Waals surface area contributed by atoms with Crippen LogP contribution in [0.1, 0.15) is 10.4 Å². The topological polar surface area (TPSA) is 59.4 Å². The Kier molecular flexibility index (Phi) is 4.01. The Hall–Kier alpha value is -1.66. The van der Waals surface area contributed by atoms with E-state index in [0.717, 1.165) is 12.1 Å². The summed E-state index contributed by atoms with van der Waals surface area (Å²) < 4.78 is 18.8. The molecule has 0 radical (unpaired) electrons. The lowest BCUT2D eigenvalue weighted by Crippen LogP contribution is -2.01. The van der Waals surface area contributed by atoms with E-state index in [1.165, 1.54) is 12.3 Å². The zero-order chi connectivity index (χ0) is 14.0. The molecule has 0 atom stereocenters. The minimum atomic E-state index is -1.29. The van der Waals surface area contributed by atoms with Crippen LogP contribution in [0.2, 0.25) is 5.02 Å². The number of carboxylic acids is 1. The van der Waals surface area contributed by atoms with Gasteiger partial charge in [-0.15, -0.1) is 0 Å². The van der Waals surface area contributed by atoms with Gasteiger partial charge >= 0.3 is 5.97 Å². The molecule has 0 saturated heterocycles. The van der Waals surface area contributed by atoms with E-state index in [1.54, 1.807) is 6.07 Å². The molecule has 0 fully saturated rings. The van der Waals surface area contributed by atoms with Crippen LogP contribution in [0.15, 0.2) is 34.9 Å². The summed E-state index contributed by atoms with van der Waals surface area (Å²) in [5, 5.41) is 9.38. The summed E-state index contributed by atoms with van der Waals surface area (Å²) >= 11 is 8.92. The number of rotatable bonds is 3. The molecule has 0 saturated carbocycles. The molecule has 98 valence electrons. The lowest BCUT2D eigenvalue weighted by atomic mass is 10.2. The molecule has 4 nitrogen and oxygen atoms in total. The number of hydrogen-bond acceptors (Lipinski definition) is 3. The quantitative estimate of drug-likeness (QED) is 0.908. The van der Waals surface area contributed by atoms with Crippen LogP contribution in [0.25, 0.3) is 0 Å². The van der Waals surface area contributed by atoms with E-state index in [4.69, 9.17) is 21.4 Å². The van der Waals surface area contributed by atoms with Crippen molar-refractivity contribution in [2.45, 2.75) is 0 Å². The van der Waals surface area contributed by atoms with E-state index in [0.29, 0.717) is 9.50 Å². The van der Waals surface area contributed by atoms with Gasteiger partial charge < -0.3 is 9.84 Å². The van der Waals surface area contributed by atoms with E-state index in [1.807, 2.05) is 0 Å². The number of ether oxygens (including phenoxy) is 1. The van der Waals surface area contributed by atoms with Gasteiger partial charge in [-0.1, -0.05) is 11.6 Å². The van der Waals surface area contributed by atoms with Crippen LogP contribution in [0.3, 0.4) is 0 Å². The van der Waals surface area contributed by atoms with Crippen LogP contribution in [0.4, 0.5) is 4.39 Å². The number of hydrogen-bond donors (Lipinski definition) is 1. The van der Waals surface area contributed by atoms with E-state index in [-0.39, 0.29) is 17.2 Å². The molecule has 1 heterocycles. The zero-order valence-corrected chi connectivity index (χ0v) is 11.6. The fourth-order valence-corrected chi connectivity index (χ4v) is 2.06. The SMILES string of the molecule is O=C(O)c1cc(F)ccc1Oc1ncc(Cl)cc1Br. The second-order valence-corrected chi connectivity index (χ2v) is 4.78. The van der Waals surface area contributed by atoms with Crippen LogP contribution in [-0.2, 0) is 0 Å². The molecular formula is C12H6BrClFNO3. The molecule has 1 aromatic carbocycles. The van der Waals surface area contributed by atoms with Crippen molar-refractivity contribution in [1.29, 1.82) is 0 Å². The molecule has 2 aromatic rings. The summed E-state index contributed by atoms with van der Waals surface area (Å²) in [6.45, 7) is 0. The van der Waals surface area contributed by atoms with Gasteiger partial charge in [-0.05, 0) is 40.2 Å². The fraction of sp³-hybridized carbons (Fsp3) is 0. The molecule has 0 aliphatic heterocycles. The van der Waals surface area contributed by atoms with Gasteiger partial charge in [-0.2, -0.15) is 0 Å². The zero-order valence-electron chi connectivity index (χ0n) is 9.23. The molecular weight excluding hydrogens is 340 g/mol. The number of benzene rings is 1. The highest BCUT2D eigenvalue weighted by atomic mass is 79.9. The Morgan fingerprint density at radius 3 is 2.79 bits per heavy atom. The molecule has 0 bridgehead atoms. The van der Waals surface area contributed by atoms with E-state index < -0.39 is 11.8 Å². The molecule has 2 rings (SSSR count). The van der Waals surface area contributed by atoms with Gasteiger partial charge in [-0.25, -0.2) is 14.2 Å². The summed E-state index contributed by atoms with van der Waals surface area (Å²) in [7, 11) is 0. The van der Waals surface area contributed by atoms with Crippen molar-refractivity contribution in [3.05, 3.63) is 51.3 Å². The van der Waals surface area contributed by atoms with Crippen LogP contribution in [-0.4, -0.2) is 16.1 Å². The molecule has 0 amide bonds. The van der Waals surface area contributed by atoms with Crippen LogP contribution < -0.4 is 4.74 Å². The number of pyridine rings is 1. The Bertz CT molecular complexity index is 651. The fourth-order valence-electron chi connectivity index (χ4n) is 1.34. The summed E-state index contributed by atoms with van der Waals surface area (Å²) in [5.74, 6) is -1.82. The van der Waals surface area contributed by atoms with Crippen molar-refractivity contribution in [2.75, 3.05) is 0 Å². The van der Waals surface area contributed by atoms with Crippen molar-refractivity contribution < 1.29 is 19.0 Å². The van der Waals surface area contributed by atoms with Crippen molar-refractivity contribution in [3.63, 3.8) is 0 Å². The molecule has 1 aromatic heterocycles. The highest BCUT2D eigenvalue weighted by molar-refractivity contribution is 9.10. The third kappa shape index (κ3) is 3.21. The predicted molar refractivity (Wildman–Crippen MR) is 70.4 cm³/mol. The minimum absolute atomic E-state index is 0.00979.